The predicted molar refractivity (Wildman–Crippen MR) is 79.1 cm³/mol. The van der Waals surface area contributed by atoms with E-state index in [1.54, 1.807) is 12.3 Å². The Labute approximate surface area is 115 Å². The van der Waals surface area contributed by atoms with Gasteiger partial charge in [0, 0.05) is 37.4 Å². The van der Waals surface area contributed by atoms with Crippen molar-refractivity contribution in [2.24, 2.45) is 0 Å². The van der Waals surface area contributed by atoms with Gasteiger partial charge in [0.25, 0.3) is 0 Å². The smallest absolute Gasteiger partial charge is 0.123 e. The molecule has 2 heterocycles. The number of anilines is 1. The number of rotatable bonds is 3. The number of nitrogens with two attached hydrogens (primary N) is 1. The minimum Gasteiger partial charge on any atom is -0.384 e. The topological polar surface area (TPSA) is 57.4 Å². The van der Waals surface area contributed by atoms with Crippen molar-refractivity contribution >= 4 is 11.5 Å². The highest BCUT2D eigenvalue weighted by atomic mass is 15.5. The van der Waals surface area contributed by atoms with Crippen LogP contribution in [0.5, 0.6) is 0 Å². The molecule has 0 aromatic carbocycles. The second-order valence-electron chi connectivity index (χ2n) is 4.99. The van der Waals surface area contributed by atoms with Gasteiger partial charge in [-0.05, 0) is 25.6 Å². The fourth-order valence-electron chi connectivity index (χ4n) is 2.32. The molecule has 0 saturated carbocycles. The van der Waals surface area contributed by atoms with E-state index in [0.717, 1.165) is 37.4 Å². The summed E-state index contributed by atoms with van der Waals surface area (Å²) in [6.07, 6.45) is 1.77. The first-order chi connectivity index (χ1) is 9.10. The Hall–Kier alpha value is -1.59. The minimum atomic E-state index is 0.404. The van der Waals surface area contributed by atoms with Crippen molar-refractivity contribution < 1.29 is 0 Å². The van der Waals surface area contributed by atoms with Crippen LogP contribution >= 0.6 is 0 Å². The number of nitrogens with zero attached hydrogens (tertiary/aromatic N) is 3. The molecule has 2 rings (SSSR count). The standard InChI is InChI=1S/C14H23N5/c1-4-18-7-8-19(17-11(2)10-18)12(3)13-5-6-14(15)16-9-13/h5-6,9,11,17H,3-4,7-8,10H2,1-2H3,(H2,15,16). The van der Waals surface area contributed by atoms with Gasteiger partial charge in [0.1, 0.15) is 5.82 Å². The molecule has 1 saturated heterocycles. The van der Waals surface area contributed by atoms with Gasteiger partial charge >= 0.3 is 0 Å². The van der Waals surface area contributed by atoms with Crippen LogP contribution in [0, 0.1) is 0 Å². The van der Waals surface area contributed by atoms with E-state index in [4.69, 9.17) is 5.73 Å². The number of pyridine rings is 1. The van der Waals surface area contributed by atoms with Crippen molar-refractivity contribution in [3.8, 4) is 0 Å². The monoisotopic (exact) mass is 261 g/mol. The Morgan fingerprint density at radius 3 is 2.95 bits per heavy atom. The Bertz CT molecular complexity index is 428. The van der Waals surface area contributed by atoms with Crippen molar-refractivity contribution in [2.75, 3.05) is 31.9 Å². The number of nitrogen functional groups attached to an aromatic ring is 1. The van der Waals surface area contributed by atoms with Gasteiger partial charge < -0.3 is 15.6 Å². The molecule has 1 aliphatic rings. The van der Waals surface area contributed by atoms with Crippen LogP contribution < -0.4 is 11.2 Å². The molecule has 0 bridgehead atoms. The number of aromatic nitrogens is 1. The first-order valence-corrected chi connectivity index (χ1v) is 6.77. The molecular weight excluding hydrogens is 238 g/mol. The summed E-state index contributed by atoms with van der Waals surface area (Å²) in [5, 5.41) is 2.12. The molecule has 19 heavy (non-hydrogen) atoms. The Kier molecular flexibility index (Phi) is 4.39. The van der Waals surface area contributed by atoms with Crippen molar-refractivity contribution in [2.45, 2.75) is 19.9 Å². The van der Waals surface area contributed by atoms with Crippen LogP contribution in [0.4, 0.5) is 5.82 Å². The number of nitrogens with one attached hydrogen (secondary N) is 1. The van der Waals surface area contributed by atoms with Crippen LogP contribution in [0.2, 0.25) is 0 Å². The van der Waals surface area contributed by atoms with Gasteiger partial charge in [-0.25, -0.2) is 10.4 Å². The average Bonchev–Trinajstić information content (AvgIpc) is 2.60. The lowest BCUT2D eigenvalue weighted by Crippen LogP contribution is -2.42. The largest absolute Gasteiger partial charge is 0.384 e. The zero-order chi connectivity index (χ0) is 13.8. The Morgan fingerprint density at radius 2 is 2.32 bits per heavy atom. The molecule has 5 heteroatoms. The molecule has 1 atom stereocenters. The SMILES string of the molecule is C=C(c1ccc(N)nc1)N1CCN(CC)CC(C)N1. The lowest BCUT2D eigenvalue weighted by molar-refractivity contribution is 0.281. The third kappa shape index (κ3) is 3.45. The third-order valence-corrected chi connectivity index (χ3v) is 3.44. The van der Waals surface area contributed by atoms with Crippen LogP contribution in [-0.2, 0) is 0 Å². The van der Waals surface area contributed by atoms with Gasteiger partial charge in [0.15, 0.2) is 0 Å². The zero-order valence-corrected chi connectivity index (χ0v) is 11.8. The minimum absolute atomic E-state index is 0.404. The van der Waals surface area contributed by atoms with Gasteiger partial charge in [-0.1, -0.05) is 13.5 Å². The predicted octanol–water partition coefficient (Wildman–Crippen LogP) is 1.17. The molecule has 1 aliphatic heterocycles. The van der Waals surface area contributed by atoms with E-state index < -0.39 is 0 Å². The fourth-order valence-corrected chi connectivity index (χ4v) is 2.32. The van der Waals surface area contributed by atoms with Crippen LogP contribution in [0.15, 0.2) is 24.9 Å². The van der Waals surface area contributed by atoms with Gasteiger partial charge in [0.05, 0.1) is 5.70 Å². The molecule has 1 aromatic heterocycles. The molecule has 0 spiro atoms. The van der Waals surface area contributed by atoms with Crippen LogP contribution in [-0.4, -0.2) is 47.1 Å². The molecule has 1 aromatic rings. The second-order valence-corrected chi connectivity index (χ2v) is 4.99. The van der Waals surface area contributed by atoms with E-state index in [1.807, 2.05) is 6.07 Å². The summed E-state index contributed by atoms with van der Waals surface area (Å²) in [6.45, 7) is 12.6. The van der Waals surface area contributed by atoms with Crippen LogP contribution in [0.25, 0.3) is 5.70 Å². The molecule has 3 N–H and O–H groups in total. The number of hydrazine groups is 1. The van der Waals surface area contributed by atoms with Gasteiger partial charge in [0.2, 0.25) is 0 Å². The fraction of sp³-hybridized carbons (Fsp3) is 0.500. The van der Waals surface area contributed by atoms with E-state index in [1.165, 1.54) is 0 Å². The Morgan fingerprint density at radius 1 is 1.53 bits per heavy atom. The lowest BCUT2D eigenvalue weighted by Gasteiger charge is -2.27. The summed E-state index contributed by atoms with van der Waals surface area (Å²) in [6, 6.07) is 4.17. The van der Waals surface area contributed by atoms with Crippen molar-refractivity contribution in [3.63, 3.8) is 0 Å². The molecule has 5 nitrogen and oxygen atoms in total. The molecular formula is C14H23N5. The molecule has 104 valence electrons. The van der Waals surface area contributed by atoms with Crippen LogP contribution in [0.3, 0.4) is 0 Å². The van der Waals surface area contributed by atoms with Crippen molar-refractivity contribution in [1.29, 1.82) is 0 Å². The molecule has 0 aliphatic carbocycles. The van der Waals surface area contributed by atoms with E-state index in [-0.39, 0.29) is 0 Å². The van der Waals surface area contributed by atoms with Gasteiger partial charge in [-0.3, -0.25) is 0 Å². The van der Waals surface area contributed by atoms with E-state index in [2.05, 4.69) is 40.7 Å². The molecule has 1 unspecified atom stereocenters. The zero-order valence-electron chi connectivity index (χ0n) is 11.8. The lowest BCUT2D eigenvalue weighted by atomic mass is 10.2. The third-order valence-electron chi connectivity index (χ3n) is 3.44. The van der Waals surface area contributed by atoms with E-state index in [0.29, 0.717) is 11.9 Å². The quantitative estimate of drug-likeness (QED) is 0.855. The molecule has 0 radical (unpaired) electrons. The Balaban J connectivity index is 2.08. The normalized spacial score (nSPS) is 21.2. The van der Waals surface area contributed by atoms with E-state index >= 15 is 0 Å². The van der Waals surface area contributed by atoms with Gasteiger partial charge in [-0.2, -0.15) is 0 Å². The average molecular weight is 261 g/mol. The highest BCUT2D eigenvalue weighted by Crippen LogP contribution is 2.17. The number of likely N-dealkylation sites (N-methyl/N-ethyl adjacent to an activating group) is 1. The highest BCUT2D eigenvalue weighted by molar-refractivity contribution is 5.61. The second kappa shape index (κ2) is 6.04. The maximum atomic E-state index is 5.61. The molecule has 1 fully saturated rings. The summed E-state index contributed by atoms with van der Waals surface area (Å²) in [5.41, 5.74) is 11.0. The summed E-state index contributed by atoms with van der Waals surface area (Å²) >= 11 is 0. The number of hydrogen-bond acceptors (Lipinski definition) is 5. The first-order valence-electron chi connectivity index (χ1n) is 6.77. The molecule has 0 amide bonds. The van der Waals surface area contributed by atoms with Crippen molar-refractivity contribution in [1.82, 2.24) is 20.3 Å². The summed E-state index contributed by atoms with van der Waals surface area (Å²) in [5.74, 6) is 0.533. The van der Waals surface area contributed by atoms with Gasteiger partial charge in [-0.15, -0.1) is 0 Å². The van der Waals surface area contributed by atoms with Crippen molar-refractivity contribution in [3.05, 3.63) is 30.5 Å². The summed E-state index contributed by atoms with van der Waals surface area (Å²) in [7, 11) is 0. The first kappa shape index (κ1) is 13.8. The summed E-state index contributed by atoms with van der Waals surface area (Å²) in [4.78, 5) is 6.56. The maximum Gasteiger partial charge on any atom is 0.123 e. The number of hydrogen-bond donors (Lipinski definition) is 2. The maximum absolute atomic E-state index is 5.61. The summed E-state index contributed by atoms with van der Waals surface area (Å²) < 4.78 is 0. The highest BCUT2D eigenvalue weighted by Gasteiger charge is 2.19. The van der Waals surface area contributed by atoms with Crippen LogP contribution in [0.1, 0.15) is 19.4 Å². The van der Waals surface area contributed by atoms with E-state index in [9.17, 15) is 0 Å².